The number of halogens is 3. The molecule has 1 aromatic heterocycles. The predicted octanol–water partition coefficient (Wildman–Crippen LogP) is 2.33. The predicted molar refractivity (Wildman–Crippen MR) is 52.2 cm³/mol. The lowest BCUT2D eigenvalue weighted by atomic mass is 10.1. The molecule has 0 aliphatic rings. The Balaban J connectivity index is 2.97. The van der Waals surface area contributed by atoms with E-state index >= 15 is 0 Å². The summed E-state index contributed by atoms with van der Waals surface area (Å²) < 4.78 is 37.3. The van der Waals surface area contributed by atoms with Gasteiger partial charge in [0.15, 0.2) is 5.69 Å². The van der Waals surface area contributed by atoms with Gasteiger partial charge in [0.25, 0.3) is 0 Å². The largest absolute Gasteiger partial charge is 0.433 e. The fourth-order valence-electron chi connectivity index (χ4n) is 1.09. The van der Waals surface area contributed by atoms with Crippen molar-refractivity contribution in [3.63, 3.8) is 0 Å². The van der Waals surface area contributed by atoms with Crippen molar-refractivity contribution in [1.82, 2.24) is 10.3 Å². The van der Waals surface area contributed by atoms with Gasteiger partial charge in [0.2, 0.25) is 0 Å². The molecule has 1 rings (SSSR count). The van der Waals surface area contributed by atoms with E-state index in [4.69, 9.17) is 0 Å². The second-order valence-electron chi connectivity index (χ2n) is 2.90. The van der Waals surface area contributed by atoms with E-state index < -0.39 is 11.9 Å². The van der Waals surface area contributed by atoms with Gasteiger partial charge in [0.1, 0.15) is 0 Å². The average Bonchev–Trinajstić information content (AvgIpc) is 2.17. The second-order valence-corrected chi connectivity index (χ2v) is 2.90. The van der Waals surface area contributed by atoms with Crippen LogP contribution in [0.4, 0.5) is 13.2 Å². The van der Waals surface area contributed by atoms with E-state index in [1.807, 2.05) is 0 Å². The Morgan fingerprint density at radius 1 is 1.47 bits per heavy atom. The molecule has 0 unspecified atom stereocenters. The molecule has 1 N–H and O–H groups in total. The van der Waals surface area contributed by atoms with Crippen LogP contribution in [0.1, 0.15) is 11.3 Å². The SMILES string of the molecule is CNCC=Cc1cccnc1C(F)(F)F. The summed E-state index contributed by atoms with van der Waals surface area (Å²) in [5, 5.41) is 2.81. The number of alkyl halides is 3. The number of nitrogens with zero attached hydrogens (tertiary/aromatic N) is 1. The summed E-state index contributed by atoms with van der Waals surface area (Å²) in [4.78, 5) is 3.33. The Hall–Kier alpha value is -1.36. The van der Waals surface area contributed by atoms with Gasteiger partial charge in [0.05, 0.1) is 0 Å². The van der Waals surface area contributed by atoms with Gasteiger partial charge in [0, 0.05) is 18.3 Å². The first-order chi connectivity index (χ1) is 7.05. The van der Waals surface area contributed by atoms with Crippen LogP contribution in [0.3, 0.4) is 0 Å². The Labute approximate surface area is 85.8 Å². The van der Waals surface area contributed by atoms with Gasteiger partial charge in [-0.3, -0.25) is 4.98 Å². The van der Waals surface area contributed by atoms with Crippen LogP contribution in [-0.4, -0.2) is 18.6 Å². The average molecular weight is 216 g/mol. The minimum absolute atomic E-state index is 0.0836. The highest BCUT2D eigenvalue weighted by molar-refractivity contribution is 5.52. The van der Waals surface area contributed by atoms with E-state index in [1.54, 1.807) is 13.1 Å². The van der Waals surface area contributed by atoms with Crippen molar-refractivity contribution in [2.24, 2.45) is 0 Å². The van der Waals surface area contributed by atoms with Gasteiger partial charge >= 0.3 is 6.18 Å². The van der Waals surface area contributed by atoms with Crippen LogP contribution in [0.25, 0.3) is 6.08 Å². The zero-order chi connectivity index (χ0) is 11.3. The van der Waals surface area contributed by atoms with Crippen LogP contribution in [0, 0.1) is 0 Å². The zero-order valence-corrected chi connectivity index (χ0v) is 8.17. The lowest BCUT2D eigenvalue weighted by Crippen LogP contribution is -2.10. The molecule has 15 heavy (non-hydrogen) atoms. The summed E-state index contributed by atoms with van der Waals surface area (Å²) in [5.41, 5.74) is -0.766. The number of nitrogens with one attached hydrogen (secondary N) is 1. The third-order valence-corrected chi connectivity index (χ3v) is 1.73. The number of rotatable bonds is 3. The normalized spacial score (nSPS) is 12.3. The number of likely N-dealkylation sites (N-methyl/N-ethyl adjacent to an activating group) is 1. The number of aromatic nitrogens is 1. The maximum absolute atomic E-state index is 12.4. The summed E-state index contributed by atoms with van der Waals surface area (Å²) in [5.74, 6) is 0. The molecule has 2 nitrogen and oxygen atoms in total. The topological polar surface area (TPSA) is 24.9 Å². The molecule has 0 radical (unpaired) electrons. The molecular weight excluding hydrogens is 205 g/mol. The molecule has 5 heteroatoms. The fourth-order valence-corrected chi connectivity index (χ4v) is 1.09. The van der Waals surface area contributed by atoms with Crippen molar-refractivity contribution in [3.8, 4) is 0 Å². The molecule has 0 fully saturated rings. The third kappa shape index (κ3) is 3.36. The fraction of sp³-hybridized carbons (Fsp3) is 0.300. The maximum atomic E-state index is 12.4. The Kier molecular flexibility index (Phi) is 3.85. The summed E-state index contributed by atoms with van der Waals surface area (Å²) >= 11 is 0. The summed E-state index contributed by atoms with van der Waals surface area (Å²) in [7, 11) is 1.72. The molecule has 0 aromatic carbocycles. The first-order valence-electron chi connectivity index (χ1n) is 4.39. The van der Waals surface area contributed by atoms with E-state index in [0.29, 0.717) is 6.54 Å². The summed E-state index contributed by atoms with van der Waals surface area (Å²) in [6.07, 6.45) is -0.239. The van der Waals surface area contributed by atoms with Crippen LogP contribution in [0.2, 0.25) is 0 Å². The smallest absolute Gasteiger partial charge is 0.316 e. The summed E-state index contributed by atoms with van der Waals surface area (Å²) in [6.45, 7) is 0.520. The van der Waals surface area contributed by atoms with Gasteiger partial charge in [-0.25, -0.2) is 0 Å². The first kappa shape index (κ1) is 11.7. The van der Waals surface area contributed by atoms with Gasteiger partial charge in [-0.05, 0) is 13.1 Å². The van der Waals surface area contributed by atoms with Crippen molar-refractivity contribution >= 4 is 6.08 Å². The molecule has 0 saturated heterocycles. The van der Waals surface area contributed by atoms with E-state index in [0.717, 1.165) is 6.20 Å². The first-order valence-corrected chi connectivity index (χ1v) is 4.39. The molecule has 0 aliphatic carbocycles. The molecule has 0 spiro atoms. The van der Waals surface area contributed by atoms with Crippen molar-refractivity contribution < 1.29 is 13.2 Å². The van der Waals surface area contributed by atoms with E-state index in [2.05, 4.69) is 10.3 Å². The van der Waals surface area contributed by atoms with Crippen LogP contribution in [0.15, 0.2) is 24.4 Å². The number of pyridine rings is 1. The molecule has 0 bridgehead atoms. The molecule has 0 saturated carbocycles. The van der Waals surface area contributed by atoms with Crippen molar-refractivity contribution in [2.75, 3.05) is 13.6 Å². The Morgan fingerprint density at radius 2 is 2.20 bits per heavy atom. The van der Waals surface area contributed by atoms with Gasteiger partial charge in [-0.15, -0.1) is 0 Å². The standard InChI is InChI=1S/C10H11F3N2/c1-14-6-2-4-8-5-3-7-15-9(8)10(11,12)13/h2-5,7,14H,6H2,1H3. The monoisotopic (exact) mass is 216 g/mol. The lowest BCUT2D eigenvalue weighted by Gasteiger charge is -2.08. The highest BCUT2D eigenvalue weighted by Gasteiger charge is 2.34. The lowest BCUT2D eigenvalue weighted by molar-refractivity contribution is -0.141. The highest BCUT2D eigenvalue weighted by atomic mass is 19.4. The maximum Gasteiger partial charge on any atom is 0.433 e. The van der Waals surface area contributed by atoms with Crippen LogP contribution < -0.4 is 5.32 Å². The van der Waals surface area contributed by atoms with Gasteiger partial charge < -0.3 is 5.32 Å². The summed E-state index contributed by atoms with van der Waals surface area (Å²) in [6, 6.07) is 2.87. The number of hydrogen-bond donors (Lipinski definition) is 1. The molecule has 82 valence electrons. The second kappa shape index (κ2) is 4.93. The molecule has 0 amide bonds. The van der Waals surface area contributed by atoms with Gasteiger partial charge in [-0.1, -0.05) is 18.2 Å². The van der Waals surface area contributed by atoms with E-state index in [9.17, 15) is 13.2 Å². The molecular formula is C10H11F3N2. The Morgan fingerprint density at radius 3 is 2.80 bits per heavy atom. The molecule has 1 heterocycles. The Bertz CT molecular complexity index is 345. The van der Waals surface area contributed by atoms with Crippen molar-refractivity contribution in [3.05, 3.63) is 35.7 Å². The zero-order valence-electron chi connectivity index (χ0n) is 8.17. The highest BCUT2D eigenvalue weighted by Crippen LogP contribution is 2.30. The van der Waals surface area contributed by atoms with Gasteiger partial charge in [-0.2, -0.15) is 13.2 Å². The van der Waals surface area contributed by atoms with E-state index in [-0.39, 0.29) is 5.56 Å². The molecule has 1 aromatic rings. The molecule has 0 atom stereocenters. The molecule has 0 aliphatic heterocycles. The quantitative estimate of drug-likeness (QED) is 0.838. The van der Waals surface area contributed by atoms with E-state index in [1.165, 1.54) is 18.2 Å². The van der Waals surface area contributed by atoms with Crippen LogP contribution >= 0.6 is 0 Å². The van der Waals surface area contributed by atoms with Crippen molar-refractivity contribution in [1.29, 1.82) is 0 Å². The van der Waals surface area contributed by atoms with Crippen LogP contribution in [0.5, 0.6) is 0 Å². The van der Waals surface area contributed by atoms with Crippen LogP contribution in [-0.2, 0) is 6.18 Å². The third-order valence-electron chi connectivity index (χ3n) is 1.73. The number of hydrogen-bond acceptors (Lipinski definition) is 2. The van der Waals surface area contributed by atoms with Crippen molar-refractivity contribution in [2.45, 2.75) is 6.18 Å². The minimum atomic E-state index is -4.40. The minimum Gasteiger partial charge on any atom is -0.316 e.